The third kappa shape index (κ3) is 3.16. The SMILES string of the molecule is CC(C)C(C(=O)N1CCC2(CC1)CC2C(=O)O)c1cccc(Cl)c1. The molecule has 0 radical (unpaired) electrons. The zero-order valence-electron chi connectivity index (χ0n) is 14.2. The maximum absolute atomic E-state index is 13.1. The molecular formula is C19H24ClNO3. The summed E-state index contributed by atoms with van der Waals surface area (Å²) in [6.07, 6.45) is 2.37. The lowest BCUT2D eigenvalue weighted by Gasteiger charge is -2.36. The third-order valence-corrected chi connectivity index (χ3v) is 5.93. The lowest BCUT2D eigenvalue weighted by Crippen LogP contribution is -2.43. The fraction of sp³-hybridized carbons (Fsp3) is 0.579. The molecule has 1 saturated carbocycles. The second kappa shape index (κ2) is 6.40. The third-order valence-electron chi connectivity index (χ3n) is 5.70. The van der Waals surface area contributed by atoms with Crippen molar-refractivity contribution in [2.75, 3.05) is 13.1 Å². The van der Waals surface area contributed by atoms with Gasteiger partial charge in [-0.15, -0.1) is 0 Å². The van der Waals surface area contributed by atoms with E-state index in [0.717, 1.165) is 24.8 Å². The number of aliphatic carboxylic acids is 1. The predicted molar refractivity (Wildman–Crippen MR) is 93.0 cm³/mol. The van der Waals surface area contributed by atoms with E-state index in [4.69, 9.17) is 11.6 Å². The molecule has 2 atom stereocenters. The van der Waals surface area contributed by atoms with Gasteiger partial charge in [-0.05, 0) is 48.3 Å². The maximum Gasteiger partial charge on any atom is 0.307 e. The van der Waals surface area contributed by atoms with E-state index in [1.165, 1.54) is 0 Å². The second-order valence-electron chi connectivity index (χ2n) is 7.56. The second-order valence-corrected chi connectivity index (χ2v) is 8.00. The molecule has 24 heavy (non-hydrogen) atoms. The van der Waals surface area contributed by atoms with Crippen LogP contribution in [0.5, 0.6) is 0 Å². The number of hydrogen-bond donors (Lipinski definition) is 1. The van der Waals surface area contributed by atoms with Crippen LogP contribution in [0.1, 0.15) is 44.6 Å². The number of hydrogen-bond acceptors (Lipinski definition) is 2. The van der Waals surface area contributed by atoms with Gasteiger partial charge in [0, 0.05) is 18.1 Å². The lowest BCUT2D eigenvalue weighted by atomic mass is 9.85. The molecule has 0 aromatic heterocycles. The van der Waals surface area contributed by atoms with Crippen molar-refractivity contribution < 1.29 is 14.7 Å². The van der Waals surface area contributed by atoms with E-state index in [9.17, 15) is 14.7 Å². The van der Waals surface area contributed by atoms with Crippen molar-refractivity contribution in [3.05, 3.63) is 34.9 Å². The highest BCUT2D eigenvalue weighted by Gasteiger charge is 2.59. The molecule has 1 aliphatic carbocycles. The average molecular weight is 350 g/mol. The molecule has 1 aliphatic heterocycles. The molecule has 2 fully saturated rings. The molecule has 1 aromatic rings. The number of rotatable bonds is 4. The summed E-state index contributed by atoms with van der Waals surface area (Å²) in [4.78, 5) is 26.1. The van der Waals surface area contributed by atoms with E-state index in [1.54, 1.807) is 0 Å². The number of nitrogens with zero attached hydrogens (tertiary/aromatic N) is 1. The fourth-order valence-electron chi connectivity index (χ4n) is 4.13. The highest BCUT2D eigenvalue weighted by Crippen LogP contribution is 2.59. The summed E-state index contributed by atoms with van der Waals surface area (Å²) in [5, 5.41) is 9.83. The minimum atomic E-state index is -0.686. The molecule has 5 heteroatoms. The van der Waals surface area contributed by atoms with E-state index in [-0.39, 0.29) is 29.1 Å². The van der Waals surface area contributed by atoms with Crippen LogP contribution in [-0.4, -0.2) is 35.0 Å². The van der Waals surface area contributed by atoms with Crippen LogP contribution in [0.3, 0.4) is 0 Å². The minimum absolute atomic E-state index is 0.0496. The van der Waals surface area contributed by atoms with Crippen molar-refractivity contribution in [2.24, 2.45) is 17.3 Å². The van der Waals surface area contributed by atoms with Crippen LogP contribution in [0, 0.1) is 17.3 Å². The summed E-state index contributed by atoms with van der Waals surface area (Å²) in [7, 11) is 0. The number of benzene rings is 1. The first kappa shape index (κ1) is 17.3. The highest BCUT2D eigenvalue weighted by atomic mass is 35.5. The molecule has 1 N–H and O–H groups in total. The van der Waals surface area contributed by atoms with Gasteiger partial charge in [-0.3, -0.25) is 9.59 Å². The average Bonchev–Trinajstić information content (AvgIpc) is 3.22. The van der Waals surface area contributed by atoms with E-state index in [2.05, 4.69) is 13.8 Å². The van der Waals surface area contributed by atoms with Crippen LogP contribution in [-0.2, 0) is 9.59 Å². The summed E-state index contributed by atoms with van der Waals surface area (Å²) in [6.45, 7) is 5.42. The standard InChI is InChI=1S/C19H24ClNO3/c1-12(2)16(13-4-3-5-14(20)10-13)17(22)21-8-6-19(7-9-21)11-15(19)18(23)24/h3-5,10,12,15-16H,6-9,11H2,1-2H3,(H,23,24). The summed E-state index contributed by atoms with van der Waals surface area (Å²) in [5.74, 6) is -0.779. The number of carbonyl (C=O) groups excluding carboxylic acids is 1. The number of amides is 1. The molecule has 130 valence electrons. The van der Waals surface area contributed by atoms with E-state index < -0.39 is 5.97 Å². The molecule has 1 aromatic carbocycles. The van der Waals surface area contributed by atoms with E-state index >= 15 is 0 Å². The molecule has 1 saturated heterocycles. The molecule has 4 nitrogen and oxygen atoms in total. The Labute approximate surface area is 147 Å². The van der Waals surface area contributed by atoms with Crippen molar-refractivity contribution in [3.63, 3.8) is 0 Å². The Balaban J connectivity index is 1.70. The molecular weight excluding hydrogens is 326 g/mol. The normalized spacial score (nSPS) is 23.3. The first-order chi connectivity index (χ1) is 11.3. The van der Waals surface area contributed by atoms with Crippen LogP contribution in [0.2, 0.25) is 5.02 Å². The van der Waals surface area contributed by atoms with Gasteiger partial charge in [-0.25, -0.2) is 0 Å². The van der Waals surface area contributed by atoms with Crippen LogP contribution < -0.4 is 0 Å². The predicted octanol–water partition coefficient (Wildman–Crippen LogP) is 3.79. The van der Waals surface area contributed by atoms with Gasteiger partial charge in [0.05, 0.1) is 11.8 Å². The zero-order chi connectivity index (χ0) is 17.5. The van der Waals surface area contributed by atoms with Gasteiger partial charge < -0.3 is 10.0 Å². The molecule has 2 aliphatic rings. The van der Waals surface area contributed by atoms with Gasteiger partial charge in [0.2, 0.25) is 5.91 Å². The molecule has 1 heterocycles. The summed E-state index contributed by atoms with van der Waals surface area (Å²) in [6, 6.07) is 7.53. The van der Waals surface area contributed by atoms with Gasteiger partial charge in [-0.1, -0.05) is 37.6 Å². The van der Waals surface area contributed by atoms with Gasteiger partial charge >= 0.3 is 5.97 Å². The molecule has 1 amide bonds. The van der Waals surface area contributed by atoms with E-state index in [1.807, 2.05) is 29.2 Å². The number of carbonyl (C=O) groups is 2. The van der Waals surface area contributed by atoms with E-state index in [0.29, 0.717) is 18.1 Å². The molecule has 2 unspecified atom stereocenters. The summed E-state index contributed by atoms with van der Waals surface area (Å²) in [5.41, 5.74) is 0.907. The Morgan fingerprint density at radius 2 is 1.96 bits per heavy atom. The molecule has 0 bridgehead atoms. The quantitative estimate of drug-likeness (QED) is 0.899. The number of carboxylic acid groups (broad SMARTS) is 1. The number of carboxylic acids is 1. The first-order valence-electron chi connectivity index (χ1n) is 8.61. The van der Waals surface area contributed by atoms with Crippen molar-refractivity contribution in [1.29, 1.82) is 0 Å². The fourth-order valence-corrected chi connectivity index (χ4v) is 4.33. The highest BCUT2D eigenvalue weighted by molar-refractivity contribution is 6.30. The summed E-state index contributed by atoms with van der Waals surface area (Å²) >= 11 is 6.09. The van der Waals surface area contributed by atoms with Gasteiger partial charge in [-0.2, -0.15) is 0 Å². The van der Waals surface area contributed by atoms with Crippen molar-refractivity contribution in [2.45, 2.75) is 39.0 Å². The minimum Gasteiger partial charge on any atom is -0.481 e. The largest absolute Gasteiger partial charge is 0.481 e. The van der Waals surface area contributed by atoms with Crippen molar-refractivity contribution in [3.8, 4) is 0 Å². The monoisotopic (exact) mass is 349 g/mol. The Morgan fingerprint density at radius 3 is 2.46 bits per heavy atom. The Hall–Kier alpha value is -1.55. The number of likely N-dealkylation sites (tertiary alicyclic amines) is 1. The van der Waals surface area contributed by atoms with Crippen LogP contribution in [0.25, 0.3) is 0 Å². The molecule has 3 rings (SSSR count). The summed E-state index contributed by atoms with van der Waals surface area (Å²) < 4.78 is 0. The Bertz CT molecular complexity index is 650. The smallest absolute Gasteiger partial charge is 0.307 e. The van der Waals surface area contributed by atoms with Crippen LogP contribution in [0.15, 0.2) is 24.3 Å². The molecule has 1 spiro atoms. The number of piperidine rings is 1. The number of halogens is 1. The maximum atomic E-state index is 13.1. The first-order valence-corrected chi connectivity index (χ1v) is 8.99. The van der Waals surface area contributed by atoms with Gasteiger partial charge in [0.1, 0.15) is 0 Å². The zero-order valence-corrected chi connectivity index (χ0v) is 14.9. The van der Waals surface area contributed by atoms with Crippen molar-refractivity contribution >= 4 is 23.5 Å². The van der Waals surface area contributed by atoms with Gasteiger partial charge in [0.25, 0.3) is 0 Å². The Morgan fingerprint density at radius 1 is 1.29 bits per heavy atom. The Kier molecular flexibility index (Phi) is 4.60. The van der Waals surface area contributed by atoms with Gasteiger partial charge in [0.15, 0.2) is 0 Å². The van der Waals surface area contributed by atoms with Crippen LogP contribution >= 0.6 is 11.6 Å². The topological polar surface area (TPSA) is 57.6 Å². The van der Waals surface area contributed by atoms with Crippen molar-refractivity contribution in [1.82, 2.24) is 4.90 Å². The van der Waals surface area contributed by atoms with Crippen LogP contribution in [0.4, 0.5) is 0 Å². The lowest BCUT2D eigenvalue weighted by molar-refractivity contribution is -0.140.